The van der Waals surface area contributed by atoms with Crippen LogP contribution in [0.2, 0.25) is 0 Å². The fourth-order valence-corrected chi connectivity index (χ4v) is 2.16. The Bertz CT molecular complexity index is 908. The number of hydrogen-bond acceptors (Lipinski definition) is 7. The summed E-state index contributed by atoms with van der Waals surface area (Å²) < 4.78 is 6.02. The van der Waals surface area contributed by atoms with Crippen LogP contribution in [0.1, 0.15) is 30.3 Å². The number of unbranched alkanes of at least 4 members (excludes halogenated alkanes) is 1. The Morgan fingerprint density at radius 1 is 1.26 bits per heavy atom. The van der Waals surface area contributed by atoms with Crippen molar-refractivity contribution in [2.75, 3.05) is 11.9 Å². The van der Waals surface area contributed by atoms with Gasteiger partial charge in [-0.05, 0) is 18.6 Å². The van der Waals surface area contributed by atoms with Crippen LogP contribution in [0.25, 0.3) is 0 Å². The summed E-state index contributed by atoms with van der Waals surface area (Å²) >= 11 is 0. The molecule has 0 aliphatic heterocycles. The number of rotatable bonds is 8. The van der Waals surface area contributed by atoms with E-state index in [0.29, 0.717) is 6.54 Å². The van der Waals surface area contributed by atoms with Gasteiger partial charge in [-0.1, -0.05) is 25.5 Å². The maximum atomic E-state index is 12.0. The Kier molecular flexibility index (Phi) is 6.75. The van der Waals surface area contributed by atoms with Gasteiger partial charge in [0, 0.05) is 18.7 Å². The molecule has 10 heteroatoms. The second-order valence-corrected chi connectivity index (χ2v) is 5.53. The monoisotopic (exact) mass is 374 g/mol. The molecule has 1 amide bonds. The number of carbonyl (C=O) groups excluding carboxylic acids is 2. The number of nitro groups is 1. The van der Waals surface area contributed by atoms with Gasteiger partial charge < -0.3 is 10.1 Å². The molecule has 0 aliphatic rings. The van der Waals surface area contributed by atoms with Crippen LogP contribution in [0.15, 0.2) is 41.2 Å². The van der Waals surface area contributed by atoms with Crippen LogP contribution < -0.4 is 10.9 Å². The first-order valence-corrected chi connectivity index (χ1v) is 8.21. The third kappa shape index (κ3) is 5.46. The van der Waals surface area contributed by atoms with Crippen molar-refractivity contribution in [3.05, 3.63) is 62.6 Å². The van der Waals surface area contributed by atoms with E-state index < -0.39 is 23.4 Å². The van der Waals surface area contributed by atoms with Crippen molar-refractivity contribution in [1.82, 2.24) is 9.78 Å². The van der Waals surface area contributed by atoms with Gasteiger partial charge in [0.1, 0.15) is 5.69 Å². The second kappa shape index (κ2) is 9.22. The lowest BCUT2D eigenvalue weighted by molar-refractivity contribution is -0.383. The number of hydrogen-bond donors (Lipinski definition) is 1. The number of nitro benzene ring substituents is 1. The van der Waals surface area contributed by atoms with E-state index in [1.807, 2.05) is 6.92 Å². The van der Waals surface area contributed by atoms with Crippen molar-refractivity contribution in [3.8, 4) is 0 Å². The molecule has 0 bridgehead atoms. The minimum Gasteiger partial charge on any atom is -0.451 e. The van der Waals surface area contributed by atoms with E-state index in [1.165, 1.54) is 36.4 Å². The minimum atomic E-state index is -0.877. The summed E-state index contributed by atoms with van der Waals surface area (Å²) in [5.41, 5.74) is -0.727. The van der Waals surface area contributed by atoms with Crippen LogP contribution in [0.3, 0.4) is 0 Å². The van der Waals surface area contributed by atoms with Crippen LogP contribution >= 0.6 is 0 Å². The highest BCUT2D eigenvalue weighted by Crippen LogP contribution is 2.22. The van der Waals surface area contributed by atoms with E-state index in [1.54, 1.807) is 0 Å². The Labute approximate surface area is 153 Å². The van der Waals surface area contributed by atoms with E-state index in [2.05, 4.69) is 10.4 Å². The molecule has 0 spiro atoms. The smallest absolute Gasteiger partial charge is 0.359 e. The summed E-state index contributed by atoms with van der Waals surface area (Å²) in [4.78, 5) is 45.9. The average Bonchev–Trinajstić information content (AvgIpc) is 2.65. The first kappa shape index (κ1) is 19.8. The summed E-state index contributed by atoms with van der Waals surface area (Å²) in [6, 6.07) is 8.01. The highest BCUT2D eigenvalue weighted by molar-refractivity contribution is 5.96. The number of esters is 1. The number of nitrogens with one attached hydrogen (secondary N) is 1. The molecule has 0 saturated carbocycles. The molecule has 2 rings (SSSR count). The molecule has 142 valence electrons. The van der Waals surface area contributed by atoms with Crippen molar-refractivity contribution in [2.24, 2.45) is 0 Å². The van der Waals surface area contributed by atoms with Crippen molar-refractivity contribution in [2.45, 2.75) is 26.3 Å². The first-order valence-electron chi connectivity index (χ1n) is 8.21. The summed E-state index contributed by atoms with van der Waals surface area (Å²) in [7, 11) is 0. The van der Waals surface area contributed by atoms with E-state index in [-0.39, 0.29) is 22.6 Å². The van der Waals surface area contributed by atoms with Gasteiger partial charge in [0.25, 0.3) is 17.2 Å². The average molecular weight is 374 g/mol. The van der Waals surface area contributed by atoms with Crippen LogP contribution in [-0.4, -0.2) is 33.2 Å². The molecule has 1 aromatic heterocycles. The summed E-state index contributed by atoms with van der Waals surface area (Å²) in [6.45, 7) is 1.67. The summed E-state index contributed by atoms with van der Waals surface area (Å²) in [5.74, 6) is -1.62. The fraction of sp³-hybridized carbons (Fsp3) is 0.294. The lowest BCUT2D eigenvalue weighted by Crippen LogP contribution is -2.26. The Morgan fingerprint density at radius 3 is 2.70 bits per heavy atom. The molecule has 0 radical (unpaired) electrons. The lowest BCUT2D eigenvalue weighted by atomic mass is 10.2. The predicted molar refractivity (Wildman–Crippen MR) is 95.4 cm³/mol. The SMILES string of the molecule is CCCCn1nc(C(=O)OCC(=O)Nc2ccccc2[N+](=O)[O-])ccc1=O. The zero-order valence-corrected chi connectivity index (χ0v) is 14.6. The molecule has 0 unspecified atom stereocenters. The molecular formula is C17H18N4O6. The Morgan fingerprint density at radius 2 is 2.00 bits per heavy atom. The molecule has 1 heterocycles. The minimum absolute atomic E-state index is 0.00482. The zero-order valence-electron chi connectivity index (χ0n) is 14.6. The van der Waals surface area contributed by atoms with Crippen molar-refractivity contribution >= 4 is 23.3 Å². The number of amides is 1. The van der Waals surface area contributed by atoms with Crippen LogP contribution in [0.4, 0.5) is 11.4 Å². The first-order chi connectivity index (χ1) is 12.9. The normalized spacial score (nSPS) is 10.3. The number of nitrogens with zero attached hydrogens (tertiary/aromatic N) is 3. The van der Waals surface area contributed by atoms with Crippen molar-refractivity contribution < 1.29 is 19.2 Å². The molecule has 0 saturated heterocycles. The fourth-order valence-electron chi connectivity index (χ4n) is 2.16. The molecule has 0 fully saturated rings. The van der Waals surface area contributed by atoms with Crippen LogP contribution in [-0.2, 0) is 16.1 Å². The van der Waals surface area contributed by atoms with Crippen molar-refractivity contribution in [1.29, 1.82) is 0 Å². The molecule has 2 aromatic rings. The molecule has 1 aromatic carbocycles. The highest BCUT2D eigenvalue weighted by Gasteiger charge is 2.17. The third-order valence-corrected chi connectivity index (χ3v) is 3.51. The lowest BCUT2D eigenvalue weighted by Gasteiger charge is -2.08. The van der Waals surface area contributed by atoms with E-state index >= 15 is 0 Å². The number of carbonyl (C=O) groups is 2. The number of ether oxygens (including phenoxy) is 1. The van der Waals surface area contributed by atoms with E-state index in [9.17, 15) is 24.5 Å². The molecular weight excluding hydrogens is 356 g/mol. The van der Waals surface area contributed by atoms with Crippen LogP contribution in [0, 0.1) is 10.1 Å². The topological polar surface area (TPSA) is 133 Å². The van der Waals surface area contributed by atoms with Gasteiger partial charge in [0.15, 0.2) is 12.3 Å². The third-order valence-electron chi connectivity index (χ3n) is 3.51. The quantitative estimate of drug-likeness (QED) is 0.422. The van der Waals surface area contributed by atoms with E-state index in [4.69, 9.17) is 4.74 Å². The van der Waals surface area contributed by atoms with Gasteiger partial charge in [-0.3, -0.25) is 19.7 Å². The zero-order chi connectivity index (χ0) is 19.8. The standard InChI is InChI=1S/C17H18N4O6/c1-2-3-10-20-16(23)9-8-13(19-20)17(24)27-11-15(22)18-12-6-4-5-7-14(12)21(25)26/h4-9H,2-3,10-11H2,1H3,(H,18,22). The van der Waals surface area contributed by atoms with Gasteiger partial charge in [-0.2, -0.15) is 5.10 Å². The number of benzene rings is 1. The number of anilines is 1. The maximum Gasteiger partial charge on any atom is 0.359 e. The number of aryl methyl sites for hydroxylation is 1. The van der Waals surface area contributed by atoms with Crippen LogP contribution in [0.5, 0.6) is 0 Å². The van der Waals surface area contributed by atoms with Gasteiger partial charge >= 0.3 is 5.97 Å². The molecule has 1 N–H and O–H groups in total. The molecule has 0 atom stereocenters. The van der Waals surface area contributed by atoms with E-state index in [0.717, 1.165) is 17.5 Å². The summed E-state index contributed by atoms with van der Waals surface area (Å²) in [6.07, 6.45) is 1.58. The van der Waals surface area contributed by atoms with Crippen molar-refractivity contribution in [3.63, 3.8) is 0 Å². The predicted octanol–water partition coefficient (Wildman–Crippen LogP) is 1.75. The highest BCUT2D eigenvalue weighted by atomic mass is 16.6. The Hall–Kier alpha value is -3.56. The molecule has 27 heavy (non-hydrogen) atoms. The van der Waals surface area contributed by atoms with Gasteiger partial charge in [-0.15, -0.1) is 0 Å². The van der Waals surface area contributed by atoms with Gasteiger partial charge in [0.05, 0.1) is 4.92 Å². The van der Waals surface area contributed by atoms with Gasteiger partial charge in [0.2, 0.25) is 0 Å². The Balaban J connectivity index is 1.98. The maximum absolute atomic E-state index is 12.0. The molecule has 10 nitrogen and oxygen atoms in total. The number of para-hydroxylation sites is 2. The summed E-state index contributed by atoms with van der Waals surface area (Å²) in [5, 5.41) is 17.2. The largest absolute Gasteiger partial charge is 0.451 e. The number of aromatic nitrogens is 2. The molecule has 0 aliphatic carbocycles. The second-order valence-electron chi connectivity index (χ2n) is 5.53. The van der Waals surface area contributed by atoms with Gasteiger partial charge in [-0.25, -0.2) is 9.48 Å².